The van der Waals surface area contributed by atoms with Crippen molar-refractivity contribution in [1.82, 2.24) is 0 Å². The van der Waals surface area contributed by atoms with Gasteiger partial charge in [0.25, 0.3) is 0 Å². The minimum absolute atomic E-state index is 0.518. The van der Waals surface area contributed by atoms with Crippen LogP contribution < -0.4 is 10.5 Å². The van der Waals surface area contributed by atoms with E-state index in [9.17, 15) is 0 Å². The van der Waals surface area contributed by atoms with Crippen LogP contribution in [0.4, 0.5) is 0 Å². The van der Waals surface area contributed by atoms with Crippen molar-refractivity contribution in [2.45, 2.75) is 13.2 Å². The van der Waals surface area contributed by atoms with E-state index in [0.29, 0.717) is 13.2 Å². The van der Waals surface area contributed by atoms with Crippen molar-refractivity contribution in [3.05, 3.63) is 54.0 Å². The minimum Gasteiger partial charge on any atom is -0.489 e. The molecule has 2 N–H and O–H groups in total. The molecule has 0 aliphatic rings. The fourth-order valence-electron chi connectivity index (χ4n) is 1.30. The molecule has 0 saturated carbocycles. The van der Waals surface area contributed by atoms with Gasteiger partial charge in [0, 0.05) is 12.1 Å². The molecule has 1 aromatic carbocycles. The van der Waals surface area contributed by atoms with Crippen LogP contribution >= 0.6 is 0 Å². The highest BCUT2D eigenvalue weighted by molar-refractivity contribution is 5.28. The summed E-state index contributed by atoms with van der Waals surface area (Å²) in [4.78, 5) is 0. The van der Waals surface area contributed by atoms with E-state index in [-0.39, 0.29) is 0 Å². The predicted molar refractivity (Wildman–Crippen MR) is 57.4 cm³/mol. The molecule has 2 aromatic rings. The predicted octanol–water partition coefficient (Wildman–Crippen LogP) is 2.32. The van der Waals surface area contributed by atoms with Crippen LogP contribution in [0.15, 0.2) is 47.3 Å². The second-order valence-corrected chi connectivity index (χ2v) is 3.27. The first-order valence-electron chi connectivity index (χ1n) is 4.81. The number of rotatable bonds is 4. The molecule has 78 valence electrons. The van der Waals surface area contributed by atoms with Crippen LogP contribution in [0.2, 0.25) is 0 Å². The third-order valence-electron chi connectivity index (χ3n) is 2.12. The van der Waals surface area contributed by atoms with Gasteiger partial charge < -0.3 is 14.9 Å². The van der Waals surface area contributed by atoms with Gasteiger partial charge >= 0.3 is 0 Å². The average Bonchev–Trinajstić information content (AvgIpc) is 2.79. The highest BCUT2D eigenvalue weighted by Crippen LogP contribution is 2.14. The molecule has 0 atom stereocenters. The van der Waals surface area contributed by atoms with Gasteiger partial charge in [-0.3, -0.25) is 0 Å². The van der Waals surface area contributed by atoms with E-state index in [1.54, 1.807) is 12.5 Å². The Morgan fingerprint density at radius 1 is 1.20 bits per heavy atom. The van der Waals surface area contributed by atoms with Crippen LogP contribution in [0.5, 0.6) is 5.75 Å². The van der Waals surface area contributed by atoms with E-state index >= 15 is 0 Å². The highest BCUT2D eigenvalue weighted by atomic mass is 16.5. The lowest BCUT2D eigenvalue weighted by molar-refractivity contribution is 0.304. The lowest BCUT2D eigenvalue weighted by Gasteiger charge is -2.05. The summed E-state index contributed by atoms with van der Waals surface area (Å²) in [7, 11) is 0. The Labute approximate surface area is 88.5 Å². The molecule has 0 spiro atoms. The molecule has 15 heavy (non-hydrogen) atoms. The molecule has 0 bridgehead atoms. The summed E-state index contributed by atoms with van der Waals surface area (Å²) >= 11 is 0. The van der Waals surface area contributed by atoms with E-state index in [2.05, 4.69) is 0 Å². The van der Waals surface area contributed by atoms with Gasteiger partial charge in [0.15, 0.2) is 0 Å². The fraction of sp³-hybridized carbons (Fsp3) is 0.167. The summed E-state index contributed by atoms with van der Waals surface area (Å²) in [5.74, 6) is 0.833. The van der Waals surface area contributed by atoms with Crippen molar-refractivity contribution in [2.75, 3.05) is 0 Å². The van der Waals surface area contributed by atoms with Gasteiger partial charge in [-0.1, -0.05) is 12.1 Å². The van der Waals surface area contributed by atoms with Crippen molar-refractivity contribution >= 4 is 0 Å². The largest absolute Gasteiger partial charge is 0.489 e. The van der Waals surface area contributed by atoms with Gasteiger partial charge in [-0.15, -0.1) is 0 Å². The molecule has 2 rings (SSSR count). The minimum atomic E-state index is 0.518. The van der Waals surface area contributed by atoms with Crippen LogP contribution in [-0.4, -0.2) is 0 Å². The molecular weight excluding hydrogens is 190 g/mol. The standard InChI is InChI=1S/C12H13NO2/c13-7-10-2-1-3-12(6-10)15-9-11-4-5-14-8-11/h1-6,8H,7,9,13H2. The second-order valence-electron chi connectivity index (χ2n) is 3.27. The summed E-state index contributed by atoms with van der Waals surface area (Å²) in [5, 5.41) is 0. The van der Waals surface area contributed by atoms with Crippen molar-refractivity contribution < 1.29 is 9.15 Å². The molecule has 0 saturated heterocycles. The highest BCUT2D eigenvalue weighted by Gasteiger charge is 1.97. The molecule has 3 nitrogen and oxygen atoms in total. The zero-order chi connectivity index (χ0) is 10.5. The first-order valence-corrected chi connectivity index (χ1v) is 4.81. The number of furan rings is 1. The van der Waals surface area contributed by atoms with Gasteiger partial charge in [0.05, 0.1) is 12.5 Å². The van der Waals surface area contributed by atoms with Gasteiger partial charge in [0.2, 0.25) is 0 Å². The van der Waals surface area contributed by atoms with E-state index in [0.717, 1.165) is 16.9 Å². The molecule has 1 aromatic heterocycles. The fourth-order valence-corrected chi connectivity index (χ4v) is 1.30. The first-order chi connectivity index (χ1) is 7.38. The Morgan fingerprint density at radius 3 is 2.87 bits per heavy atom. The van der Waals surface area contributed by atoms with Crippen molar-refractivity contribution in [3.63, 3.8) is 0 Å². The van der Waals surface area contributed by atoms with Gasteiger partial charge in [-0.05, 0) is 23.8 Å². The summed E-state index contributed by atoms with van der Waals surface area (Å²) in [6.45, 7) is 1.05. The average molecular weight is 203 g/mol. The van der Waals surface area contributed by atoms with E-state index in [1.165, 1.54) is 0 Å². The van der Waals surface area contributed by atoms with Gasteiger partial charge in [-0.25, -0.2) is 0 Å². The Hall–Kier alpha value is -1.74. The molecule has 0 fully saturated rings. The van der Waals surface area contributed by atoms with Gasteiger partial charge in [-0.2, -0.15) is 0 Å². The number of ether oxygens (including phenoxy) is 1. The quantitative estimate of drug-likeness (QED) is 0.829. The summed E-state index contributed by atoms with van der Waals surface area (Å²) < 4.78 is 10.5. The summed E-state index contributed by atoms with van der Waals surface area (Å²) in [5.41, 5.74) is 7.63. The van der Waals surface area contributed by atoms with Crippen molar-refractivity contribution in [2.24, 2.45) is 5.73 Å². The SMILES string of the molecule is NCc1cccc(OCc2ccoc2)c1. The molecule has 0 radical (unpaired) electrons. The topological polar surface area (TPSA) is 48.4 Å². The number of hydrogen-bond acceptors (Lipinski definition) is 3. The molecule has 0 unspecified atom stereocenters. The lowest BCUT2D eigenvalue weighted by Crippen LogP contribution is -1.98. The maximum Gasteiger partial charge on any atom is 0.120 e. The molecule has 0 aliphatic carbocycles. The summed E-state index contributed by atoms with van der Waals surface area (Å²) in [6, 6.07) is 9.66. The van der Waals surface area contributed by atoms with E-state index in [4.69, 9.17) is 14.9 Å². The smallest absolute Gasteiger partial charge is 0.120 e. The maximum absolute atomic E-state index is 5.58. The third kappa shape index (κ3) is 2.60. The molecule has 3 heteroatoms. The summed E-state index contributed by atoms with van der Waals surface area (Å²) in [6.07, 6.45) is 3.31. The number of hydrogen-bond donors (Lipinski definition) is 1. The van der Waals surface area contributed by atoms with Crippen LogP contribution in [-0.2, 0) is 13.2 Å². The van der Waals surface area contributed by atoms with Crippen LogP contribution in [0.3, 0.4) is 0 Å². The first kappa shape index (κ1) is 9.80. The van der Waals surface area contributed by atoms with Gasteiger partial charge in [0.1, 0.15) is 12.4 Å². The lowest BCUT2D eigenvalue weighted by atomic mass is 10.2. The third-order valence-corrected chi connectivity index (χ3v) is 2.12. The Morgan fingerprint density at radius 2 is 2.13 bits per heavy atom. The normalized spacial score (nSPS) is 10.2. The molecule has 0 amide bonds. The Balaban J connectivity index is 1.98. The number of benzene rings is 1. The zero-order valence-electron chi connectivity index (χ0n) is 8.35. The Kier molecular flexibility index (Phi) is 3.05. The van der Waals surface area contributed by atoms with Crippen molar-refractivity contribution in [1.29, 1.82) is 0 Å². The Bertz CT molecular complexity index is 409. The monoisotopic (exact) mass is 203 g/mol. The van der Waals surface area contributed by atoms with E-state index < -0.39 is 0 Å². The second kappa shape index (κ2) is 4.66. The van der Waals surface area contributed by atoms with E-state index in [1.807, 2.05) is 30.3 Å². The molecule has 1 heterocycles. The van der Waals surface area contributed by atoms with Crippen LogP contribution in [0.1, 0.15) is 11.1 Å². The van der Waals surface area contributed by atoms with Crippen molar-refractivity contribution in [3.8, 4) is 5.75 Å². The zero-order valence-corrected chi connectivity index (χ0v) is 8.35. The van der Waals surface area contributed by atoms with Crippen LogP contribution in [0.25, 0.3) is 0 Å². The molecule has 0 aliphatic heterocycles. The van der Waals surface area contributed by atoms with Crippen LogP contribution in [0, 0.1) is 0 Å². The maximum atomic E-state index is 5.58. The molecular formula is C12H13NO2. The number of nitrogens with two attached hydrogens (primary N) is 1.